The maximum absolute atomic E-state index is 13.3. The molecule has 342 valence electrons. The first-order valence-electron chi connectivity index (χ1n) is 22.8. The Morgan fingerprint density at radius 2 is 1.40 bits per heavy atom. The number of amides is 2. The van der Waals surface area contributed by atoms with Crippen LogP contribution < -0.4 is 4.74 Å². The predicted octanol–water partition coefficient (Wildman–Crippen LogP) is 2.71. The molecular formula is C48H50N14O5. The Bertz CT molecular complexity index is 2780. The first-order chi connectivity index (χ1) is 32.8. The van der Waals surface area contributed by atoms with Crippen LogP contribution in [0.3, 0.4) is 0 Å². The van der Waals surface area contributed by atoms with E-state index in [1.165, 1.54) is 28.5 Å². The van der Waals surface area contributed by atoms with Crippen molar-refractivity contribution in [3.8, 4) is 23.3 Å². The molecule has 6 aromatic rings. The molecule has 1 aliphatic carbocycles. The monoisotopic (exact) mass is 902 g/mol. The van der Waals surface area contributed by atoms with Gasteiger partial charge >= 0.3 is 5.97 Å². The van der Waals surface area contributed by atoms with Crippen molar-refractivity contribution in [2.75, 3.05) is 72.6 Å². The van der Waals surface area contributed by atoms with Crippen molar-refractivity contribution < 1.29 is 23.9 Å². The van der Waals surface area contributed by atoms with Crippen molar-refractivity contribution in [1.29, 1.82) is 5.26 Å². The fourth-order valence-electron chi connectivity index (χ4n) is 9.81. The molecule has 0 bridgehead atoms. The molecule has 10 rings (SSSR count). The zero-order chi connectivity index (χ0) is 45.9. The lowest BCUT2D eigenvalue weighted by atomic mass is 9.89. The minimum atomic E-state index is -0.282. The first kappa shape index (κ1) is 43.5. The molecule has 6 heterocycles. The molecule has 1 saturated carbocycles. The van der Waals surface area contributed by atoms with Gasteiger partial charge in [0.25, 0.3) is 0 Å². The van der Waals surface area contributed by atoms with Gasteiger partial charge < -0.3 is 19.3 Å². The number of carbonyl (C=O) groups excluding carboxylic acids is 3. The van der Waals surface area contributed by atoms with Gasteiger partial charge in [-0.05, 0) is 122 Å². The number of fused-ring (bicyclic) bond motifs is 1. The van der Waals surface area contributed by atoms with E-state index in [0.717, 1.165) is 92.0 Å². The summed E-state index contributed by atoms with van der Waals surface area (Å²) >= 11 is 0. The molecule has 3 fully saturated rings. The van der Waals surface area contributed by atoms with Gasteiger partial charge in [0.15, 0.2) is 5.82 Å². The van der Waals surface area contributed by atoms with E-state index >= 15 is 0 Å². The lowest BCUT2D eigenvalue weighted by Crippen LogP contribution is -2.49. The summed E-state index contributed by atoms with van der Waals surface area (Å²) in [6, 6.07) is 21.8. The molecule has 3 aliphatic heterocycles. The third-order valence-electron chi connectivity index (χ3n) is 13.7. The molecule has 3 aromatic heterocycles. The van der Waals surface area contributed by atoms with Crippen LogP contribution in [0.1, 0.15) is 73.1 Å². The van der Waals surface area contributed by atoms with Crippen LogP contribution >= 0.6 is 0 Å². The Hall–Kier alpha value is -7.43. The van der Waals surface area contributed by atoms with Crippen LogP contribution in [-0.2, 0) is 46.6 Å². The molecule has 3 aromatic carbocycles. The molecule has 19 nitrogen and oxygen atoms in total. The number of pyridine rings is 1. The van der Waals surface area contributed by atoms with Gasteiger partial charge in [-0.3, -0.25) is 19.4 Å². The van der Waals surface area contributed by atoms with Crippen molar-refractivity contribution in [3.63, 3.8) is 0 Å². The summed E-state index contributed by atoms with van der Waals surface area (Å²) in [7, 11) is 1.60. The fourth-order valence-corrected chi connectivity index (χ4v) is 9.81. The number of aromatic nitrogens is 9. The minimum Gasteiger partial charge on any atom is -0.495 e. The lowest BCUT2D eigenvalue weighted by Gasteiger charge is -2.35. The first-order valence-corrected chi connectivity index (χ1v) is 22.8. The molecule has 0 spiro atoms. The standard InChI is InChI=1S/C48H50N14O5/c1-66-43-25-35(11-13-58-16-20-60(21-17-58)46(64)23-33-4-9-44(50-28-33)62-31-52-54-56-62)39(24-36(43)27-49)40-26-41(40)47-34(5-8-38-42(47)29-67-48(38)65)10-12-57-14-18-59(19-15-57)45(63)22-32-2-6-37(7-3-32)61-30-51-53-55-61/h2-9,24-25,28,30-31,40-41H,10-23,26,29H2,1H3. The van der Waals surface area contributed by atoms with E-state index < -0.39 is 0 Å². The van der Waals surface area contributed by atoms with Crippen LogP contribution in [0.25, 0.3) is 11.5 Å². The summed E-state index contributed by atoms with van der Waals surface area (Å²) in [6.07, 6.45) is 7.78. The number of cyclic esters (lactones) is 1. The molecule has 0 radical (unpaired) electrons. The van der Waals surface area contributed by atoms with Crippen LogP contribution in [0, 0.1) is 11.3 Å². The fraction of sp³-hybridized carbons (Fsp3) is 0.396. The average molecular weight is 903 g/mol. The molecule has 4 aliphatic rings. The van der Waals surface area contributed by atoms with Gasteiger partial charge in [-0.15, -0.1) is 10.2 Å². The van der Waals surface area contributed by atoms with E-state index in [0.29, 0.717) is 55.3 Å². The molecule has 2 unspecified atom stereocenters. The summed E-state index contributed by atoms with van der Waals surface area (Å²) in [4.78, 5) is 52.5. The third kappa shape index (κ3) is 9.49. The second kappa shape index (κ2) is 19.2. The summed E-state index contributed by atoms with van der Waals surface area (Å²) in [5, 5.41) is 32.6. The van der Waals surface area contributed by atoms with Crippen molar-refractivity contribution in [1.82, 2.24) is 65.0 Å². The zero-order valence-corrected chi connectivity index (χ0v) is 37.3. The van der Waals surface area contributed by atoms with Crippen molar-refractivity contribution in [2.45, 2.75) is 50.5 Å². The summed E-state index contributed by atoms with van der Waals surface area (Å²) in [6.45, 7) is 7.59. The normalized spacial score (nSPS) is 18.4. The van der Waals surface area contributed by atoms with E-state index in [1.54, 1.807) is 24.1 Å². The van der Waals surface area contributed by atoms with Crippen LogP contribution in [0.15, 0.2) is 79.5 Å². The Morgan fingerprint density at radius 3 is 2.01 bits per heavy atom. The van der Waals surface area contributed by atoms with Crippen LogP contribution in [-0.4, -0.2) is 155 Å². The van der Waals surface area contributed by atoms with E-state index in [4.69, 9.17) is 9.47 Å². The number of tetrazole rings is 2. The minimum absolute atomic E-state index is 0.0712. The van der Waals surface area contributed by atoms with Crippen molar-refractivity contribution in [3.05, 3.63) is 130 Å². The SMILES string of the molecule is COc1cc(CCN2CCN(C(=O)Cc3ccc(-n4cnnn4)nc3)CC2)c(C2CC2c2c(CCN3CCN(C(=O)Cc4ccc(-n5cnnn5)cc4)CC3)ccc3c2COC3=O)cc1C#N. The average Bonchev–Trinajstić information content (AvgIpc) is 3.73. The number of benzene rings is 3. The molecule has 2 amide bonds. The highest BCUT2D eigenvalue weighted by molar-refractivity contribution is 5.94. The Balaban J connectivity index is 0.762. The maximum atomic E-state index is 13.3. The predicted molar refractivity (Wildman–Crippen MR) is 240 cm³/mol. The highest BCUT2D eigenvalue weighted by Gasteiger charge is 2.45. The van der Waals surface area contributed by atoms with Gasteiger partial charge in [-0.1, -0.05) is 24.3 Å². The highest BCUT2D eigenvalue weighted by atomic mass is 16.5. The second-order valence-corrected chi connectivity index (χ2v) is 17.6. The Morgan fingerprint density at radius 1 is 0.761 bits per heavy atom. The maximum Gasteiger partial charge on any atom is 0.338 e. The molecular weight excluding hydrogens is 853 g/mol. The third-order valence-corrected chi connectivity index (χ3v) is 13.7. The molecule has 2 saturated heterocycles. The largest absolute Gasteiger partial charge is 0.495 e. The van der Waals surface area contributed by atoms with Gasteiger partial charge in [0.1, 0.15) is 31.1 Å². The number of carbonyl (C=O) groups is 3. The van der Waals surface area contributed by atoms with Crippen LogP contribution in [0.4, 0.5) is 0 Å². The number of esters is 1. The number of nitriles is 1. The van der Waals surface area contributed by atoms with Gasteiger partial charge in [0.05, 0.1) is 36.8 Å². The van der Waals surface area contributed by atoms with E-state index in [-0.39, 0.29) is 42.6 Å². The van der Waals surface area contributed by atoms with Gasteiger partial charge in [-0.2, -0.15) is 9.94 Å². The molecule has 67 heavy (non-hydrogen) atoms. The summed E-state index contributed by atoms with van der Waals surface area (Å²) in [5.41, 5.74) is 9.46. The number of piperazine rings is 2. The van der Waals surface area contributed by atoms with Crippen LogP contribution in [0.5, 0.6) is 5.75 Å². The van der Waals surface area contributed by atoms with Gasteiger partial charge in [0.2, 0.25) is 11.8 Å². The number of hydrogen-bond acceptors (Lipinski definition) is 15. The van der Waals surface area contributed by atoms with Gasteiger partial charge in [-0.25, -0.2) is 14.5 Å². The number of rotatable bonds is 15. The van der Waals surface area contributed by atoms with Crippen molar-refractivity contribution >= 4 is 17.8 Å². The Kier molecular flexibility index (Phi) is 12.4. The van der Waals surface area contributed by atoms with Gasteiger partial charge in [0, 0.05) is 77.2 Å². The molecule has 19 heteroatoms. The number of ether oxygens (including phenoxy) is 2. The summed E-state index contributed by atoms with van der Waals surface area (Å²) < 4.78 is 14.4. The lowest BCUT2D eigenvalue weighted by molar-refractivity contribution is -0.133. The van der Waals surface area contributed by atoms with Crippen LogP contribution in [0.2, 0.25) is 0 Å². The number of methoxy groups -OCH3 is 1. The Labute approximate surface area is 386 Å². The highest BCUT2D eigenvalue weighted by Crippen LogP contribution is 2.58. The number of nitrogens with zero attached hydrogens (tertiary/aromatic N) is 14. The quantitative estimate of drug-likeness (QED) is 0.136. The van der Waals surface area contributed by atoms with E-state index in [9.17, 15) is 19.6 Å². The number of hydrogen-bond donors (Lipinski definition) is 0. The van der Waals surface area contributed by atoms with E-state index in [1.807, 2.05) is 58.3 Å². The molecule has 2 atom stereocenters. The smallest absolute Gasteiger partial charge is 0.338 e. The summed E-state index contributed by atoms with van der Waals surface area (Å²) in [5.74, 6) is 1.40. The second-order valence-electron chi connectivity index (χ2n) is 17.6. The topological polar surface area (TPSA) is 207 Å². The zero-order valence-electron chi connectivity index (χ0n) is 37.3. The van der Waals surface area contributed by atoms with E-state index in [2.05, 4.69) is 58.0 Å². The van der Waals surface area contributed by atoms with Crippen molar-refractivity contribution in [2.24, 2.45) is 0 Å². The molecule has 0 N–H and O–H groups in total.